The number of thioether (sulfide) groups is 2. The number of carbonyl (C=O) groups excluding carboxylic acids is 1. The Hall–Kier alpha value is -2.89. The van der Waals surface area contributed by atoms with Crippen LogP contribution >= 0.6 is 23.5 Å². The lowest BCUT2D eigenvalue weighted by atomic mass is 9.68. The first-order valence-corrected chi connectivity index (χ1v) is 14.7. The molecule has 2 spiro atoms. The van der Waals surface area contributed by atoms with Crippen molar-refractivity contribution in [2.75, 3.05) is 10.7 Å². The van der Waals surface area contributed by atoms with E-state index >= 15 is 0 Å². The highest BCUT2D eigenvalue weighted by molar-refractivity contribution is 8.09. The van der Waals surface area contributed by atoms with E-state index in [-0.39, 0.29) is 15.6 Å². The van der Waals surface area contributed by atoms with E-state index in [0.29, 0.717) is 5.92 Å². The van der Waals surface area contributed by atoms with E-state index in [1.54, 1.807) is 4.90 Å². The van der Waals surface area contributed by atoms with E-state index in [1.165, 1.54) is 32.4 Å². The molecule has 1 fully saturated rings. The molecule has 0 saturated carbocycles. The molecule has 2 atom stereocenters. The van der Waals surface area contributed by atoms with E-state index in [1.807, 2.05) is 44.7 Å². The Morgan fingerprint density at radius 2 is 1.51 bits per heavy atom. The summed E-state index contributed by atoms with van der Waals surface area (Å²) in [4.78, 5) is 16.8. The standard InChI is InChI=1S/C32H29NO2S2/c1-20-19-36-27-18-17-21-11-5-6-12-22(21)28(27)31(20)32(37-31)23-13-7-9-15-25(23)33(29(34)35-30(2,3)4)26-16-10-8-14-24(26)32/h5-18,20H,19H2,1-4H3/t20-,31?/m0/s1. The predicted molar refractivity (Wildman–Crippen MR) is 155 cm³/mol. The number of fused-ring (bicyclic) bond motifs is 9. The molecule has 4 aromatic rings. The first kappa shape index (κ1) is 23.2. The van der Waals surface area contributed by atoms with Gasteiger partial charge in [-0.05, 0) is 72.4 Å². The lowest BCUT2D eigenvalue weighted by Gasteiger charge is -2.41. The molecular formula is C32H29NO2S2. The van der Waals surface area contributed by atoms with Gasteiger partial charge in [-0.2, -0.15) is 0 Å². The van der Waals surface area contributed by atoms with Gasteiger partial charge in [0.1, 0.15) is 5.60 Å². The monoisotopic (exact) mass is 523 g/mol. The summed E-state index contributed by atoms with van der Waals surface area (Å²) in [5.74, 6) is 1.51. The van der Waals surface area contributed by atoms with Crippen molar-refractivity contribution in [2.45, 2.75) is 47.7 Å². The van der Waals surface area contributed by atoms with Crippen LogP contribution in [0.4, 0.5) is 16.2 Å². The van der Waals surface area contributed by atoms with Crippen LogP contribution in [0.15, 0.2) is 89.8 Å². The number of ether oxygens (including phenoxy) is 1. The zero-order valence-electron chi connectivity index (χ0n) is 21.4. The van der Waals surface area contributed by atoms with Crippen LogP contribution in [0.1, 0.15) is 44.4 Å². The molecular weight excluding hydrogens is 494 g/mol. The fraction of sp³-hybridized carbons (Fsp3) is 0.281. The number of nitrogens with zero attached hydrogens (tertiary/aromatic N) is 1. The highest BCUT2D eigenvalue weighted by Crippen LogP contribution is 2.85. The molecule has 0 aliphatic carbocycles. The molecule has 0 aromatic heterocycles. The molecule has 186 valence electrons. The SMILES string of the molecule is C[C@H]1CSc2ccc3ccccc3c2C12SC21c2ccccc2N(C(=O)OC(C)(C)C)c2ccccc21. The van der Waals surface area contributed by atoms with Crippen LogP contribution < -0.4 is 4.90 Å². The Labute approximate surface area is 226 Å². The van der Waals surface area contributed by atoms with Crippen molar-refractivity contribution in [1.82, 2.24) is 0 Å². The van der Waals surface area contributed by atoms with Gasteiger partial charge in [-0.15, -0.1) is 23.5 Å². The van der Waals surface area contributed by atoms with E-state index in [9.17, 15) is 4.79 Å². The van der Waals surface area contributed by atoms with E-state index < -0.39 is 5.60 Å². The smallest absolute Gasteiger partial charge is 0.419 e. The fourth-order valence-corrected chi connectivity index (χ4v) is 10.0. The van der Waals surface area contributed by atoms with E-state index in [0.717, 1.165) is 17.1 Å². The Morgan fingerprint density at radius 3 is 2.19 bits per heavy atom. The summed E-state index contributed by atoms with van der Waals surface area (Å²) in [7, 11) is 0. The second kappa shape index (κ2) is 7.81. The van der Waals surface area contributed by atoms with Crippen molar-refractivity contribution < 1.29 is 9.53 Å². The van der Waals surface area contributed by atoms with Gasteiger partial charge in [-0.1, -0.05) is 73.7 Å². The molecule has 0 radical (unpaired) electrons. The van der Waals surface area contributed by atoms with Gasteiger partial charge in [0.15, 0.2) is 0 Å². The number of amides is 1. The van der Waals surface area contributed by atoms with Crippen LogP contribution in [-0.4, -0.2) is 17.4 Å². The van der Waals surface area contributed by atoms with Crippen molar-refractivity contribution in [3.8, 4) is 0 Å². The Morgan fingerprint density at radius 1 is 0.892 bits per heavy atom. The third-order valence-electron chi connectivity index (χ3n) is 7.87. The van der Waals surface area contributed by atoms with Crippen LogP contribution in [0.25, 0.3) is 10.8 Å². The lowest BCUT2D eigenvalue weighted by molar-refractivity contribution is 0.0597. The first-order chi connectivity index (χ1) is 17.8. The van der Waals surface area contributed by atoms with Gasteiger partial charge in [0.05, 0.1) is 20.9 Å². The number of benzene rings is 4. The van der Waals surface area contributed by atoms with Gasteiger partial charge in [0.2, 0.25) is 0 Å². The van der Waals surface area contributed by atoms with Crippen LogP contribution in [0.5, 0.6) is 0 Å². The number of para-hydroxylation sites is 2. The molecule has 1 saturated heterocycles. The summed E-state index contributed by atoms with van der Waals surface area (Å²) in [5, 5.41) is 2.62. The first-order valence-electron chi connectivity index (χ1n) is 12.9. The highest BCUT2D eigenvalue weighted by Gasteiger charge is 2.77. The molecule has 37 heavy (non-hydrogen) atoms. The number of hydrogen-bond donors (Lipinski definition) is 0. The molecule has 5 heteroatoms. The van der Waals surface area contributed by atoms with Crippen molar-refractivity contribution >= 4 is 51.8 Å². The zero-order chi connectivity index (χ0) is 25.6. The van der Waals surface area contributed by atoms with Crippen LogP contribution in [0, 0.1) is 5.92 Å². The molecule has 1 unspecified atom stereocenters. The third-order valence-corrected chi connectivity index (χ3v) is 11.3. The number of hydrogen-bond acceptors (Lipinski definition) is 4. The Kier molecular flexibility index (Phi) is 4.91. The average Bonchev–Trinajstić information content (AvgIpc) is 3.56. The van der Waals surface area contributed by atoms with E-state index in [2.05, 4.69) is 91.5 Å². The molecule has 0 bridgehead atoms. The van der Waals surface area contributed by atoms with Crippen LogP contribution in [0.3, 0.4) is 0 Å². The van der Waals surface area contributed by atoms with Crippen molar-refractivity contribution in [2.24, 2.45) is 5.92 Å². The molecule has 4 aromatic carbocycles. The molecule has 1 amide bonds. The maximum atomic E-state index is 13.7. The molecule has 3 aliphatic rings. The van der Waals surface area contributed by atoms with Gasteiger partial charge in [-0.3, -0.25) is 0 Å². The number of rotatable bonds is 0. The maximum Gasteiger partial charge on any atom is 0.419 e. The second-order valence-electron chi connectivity index (χ2n) is 11.2. The van der Waals surface area contributed by atoms with Crippen molar-refractivity contribution in [1.29, 1.82) is 0 Å². The van der Waals surface area contributed by atoms with Gasteiger partial charge in [0.25, 0.3) is 0 Å². The predicted octanol–water partition coefficient (Wildman–Crippen LogP) is 8.85. The van der Waals surface area contributed by atoms with Crippen LogP contribution in [-0.2, 0) is 14.2 Å². The Bertz CT molecular complexity index is 1540. The quantitative estimate of drug-likeness (QED) is 0.215. The normalized spacial score (nSPS) is 22.9. The minimum Gasteiger partial charge on any atom is -0.443 e. The fourth-order valence-electron chi connectivity index (χ4n) is 6.45. The Balaban J connectivity index is 1.52. The summed E-state index contributed by atoms with van der Waals surface area (Å²) in [6.07, 6.45) is -0.333. The molecule has 7 rings (SSSR count). The molecule has 3 heterocycles. The summed E-state index contributed by atoms with van der Waals surface area (Å²) >= 11 is 4.05. The van der Waals surface area contributed by atoms with Gasteiger partial charge < -0.3 is 4.74 Å². The maximum absolute atomic E-state index is 13.7. The summed E-state index contributed by atoms with van der Waals surface area (Å²) in [6.45, 7) is 8.17. The van der Waals surface area contributed by atoms with Crippen molar-refractivity contribution in [3.63, 3.8) is 0 Å². The molecule has 0 N–H and O–H groups in total. The highest BCUT2D eigenvalue weighted by atomic mass is 32.2. The van der Waals surface area contributed by atoms with Crippen molar-refractivity contribution in [3.05, 3.63) is 102 Å². The molecule has 3 aliphatic heterocycles. The second-order valence-corrected chi connectivity index (χ2v) is 13.8. The zero-order valence-corrected chi connectivity index (χ0v) is 23.1. The average molecular weight is 524 g/mol. The van der Waals surface area contributed by atoms with Gasteiger partial charge in [-0.25, -0.2) is 9.69 Å². The minimum absolute atomic E-state index is 0.124. The van der Waals surface area contributed by atoms with Crippen LogP contribution in [0.2, 0.25) is 0 Å². The largest absolute Gasteiger partial charge is 0.443 e. The summed E-state index contributed by atoms with van der Waals surface area (Å²) in [5.41, 5.74) is 5.11. The van der Waals surface area contributed by atoms with Gasteiger partial charge in [0, 0.05) is 10.6 Å². The van der Waals surface area contributed by atoms with Gasteiger partial charge >= 0.3 is 6.09 Å². The minimum atomic E-state index is -0.585. The number of carbonyl (C=O) groups is 1. The lowest BCUT2D eigenvalue weighted by Crippen LogP contribution is -2.41. The van der Waals surface area contributed by atoms with E-state index in [4.69, 9.17) is 4.74 Å². The third kappa shape index (κ3) is 3.07. The molecule has 3 nitrogen and oxygen atoms in total. The summed E-state index contributed by atoms with van der Waals surface area (Å²) in [6, 6.07) is 30.3. The number of anilines is 2. The topological polar surface area (TPSA) is 29.5 Å². The summed E-state index contributed by atoms with van der Waals surface area (Å²) < 4.78 is 5.52.